The summed E-state index contributed by atoms with van der Waals surface area (Å²) in [5, 5.41) is 15.3. The minimum atomic E-state index is -0.536. The van der Waals surface area contributed by atoms with Gasteiger partial charge in [0.15, 0.2) is 0 Å². The molecular formula is C28H30N6O2. The number of benzene rings is 2. The predicted octanol–water partition coefficient (Wildman–Crippen LogP) is 3.13. The summed E-state index contributed by atoms with van der Waals surface area (Å²) in [6.07, 6.45) is 2.49. The molecule has 0 saturated carbocycles. The van der Waals surface area contributed by atoms with Gasteiger partial charge in [0, 0.05) is 39.6 Å². The van der Waals surface area contributed by atoms with Gasteiger partial charge in [-0.25, -0.2) is 4.98 Å². The molecule has 0 spiro atoms. The van der Waals surface area contributed by atoms with Crippen LogP contribution in [0, 0.1) is 11.3 Å². The molecule has 0 bridgehead atoms. The van der Waals surface area contributed by atoms with Crippen LogP contribution in [-0.4, -0.2) is 54.4 Å². The minimum Gasteiger partial charge on any atom is -0.367 e. The van der Waals surface area contributed by atoms with Crippen molar-refractivity contribution in [3.63, 3.8) is 0 Å². The van der Waals surface area contributed by atoms with Crippen LogP contribution in [0.25, 0.3) is 0 Å². The zero-order chi connectivity index (χ0) is 25.3. The SMILES string of the molecule is CC(=O)N1CCN(c2ccc(NC(=O)[C@@H](NCCc3ccc(C#N)cc3)c3ccccc3)nc2)CC1. The largest absolute Gasteiger partial charge is 0.367 e. The Morgan fingerprint density at radius 3 is 2.33 bits per heavy atom. The van der Waals surface area contributed by atoms with E-state index in [0.29, 0.717) is 31.0 Å². The van der Waals surface area contributed by atoms with E-state index in [0.717, 1.165) is 36.3 Å². The molecule has 0 radical (unpaired) electrons. The predicted molar refractivity (Wildman–Crippen MR) is 139 cm³/mol. The number of carbonyl (C=O) groups is 2. The molecule has 184 valence electrons. The standard InChI is InChI=1S/C28H30N6O2/c1-21(35)33-15-17-34(18-16-33)25-11-12-26(31-20-25)32-28(36)27(24-5-3-2-4-6-24)30-14-13-22-7-9-23(19-29)10-8-22/h2-12,20,27,30H,13-18H2,1H3,(H,31,32,36)/t27-/m0/s1. The summed E-state index contributed by atoms with van der Waals surface area (Å²) in [4.78, 5) is 33.3. The highest BCUT2D eigenvalue weighted by atomic mass is 16.2. The van der Waals surface area contributed by atoms with Gasteiger partial charge in [0.2, 0.25) is 11.8 Å². The first-order valence-corrected chi connectivity index (χ1v) is 12.1. The summed E-state index contributed by atoms with van der Waals surface area (Å²) in [6, 6.07) is 22.4. The van der Waals surface area contributed by atoms with E-state index in [-0.39, 0.29) is 11.8 Å². The lowest BCUT2D eigenvalue weighted by Gasteiger charge is -2.35. The Morgan fingerprint density at radius 1 is 1.00 bits per heavy atom. The van der Waals surface area contributed by atoms with Crippen molar-refractivity contribution in [1.29, 1.82) is 5.26 Å². The van der Waals surface area contributed by atoms with Gasteiger partial charge in [-0.3, -0.25) is 9.59 Å². The highest BCUT2D eigenvalue weighted by molar-refractivity contribution is 5.94. The minimum absolute atomic E-state index is 0.101. The highest BCUT2D eigenvalue weighted by Crippen LogP contribution is 2.19. The van der Waals surface area contributed by atoms with Crippen LogP contribution in [-0.2, 0) is 16.0 Å². The Morgan fingerprint density at radius 2 is 1.72 bits per heavy atom. The molecule has 2 amide bonds. The Hall–Kier alpha value is -4.22. The normalized spacial score (nSPS) is 14.1. The molecule has 36 heavy (non-hydrogen) atoms. The third-order valence-corrected chi connectivity index (χ3v) is 6.33. The van der Waals surface area contributed by atoms with E-state index in [1.54, 1.807) is 25.3 Å². The molecule has 8 nitrogen and oxygen atoms in total. The number of rotatable bonds is 8. The summed E-state index contributed by atoms with van der Waals surface area (Å²) in [7, 11) is 0. The summed E-state index contributed by atoms with van der Waals surface area (Å²) in [5.74, 6) is 0.404. The molecule has 4 rings (SSSR count). The number of anilines is 2. The van der Waals surface area contributed by atoms with Gasteiger partial charge in [0.05, 0.1) is 23.5 Å². The maximum atomic E-state index is 13.2. The van der Waals surface area contributed by atoms with E-state index >= 15 is 0 Å². The third kappa shape index (κ3) is 6.46. The molecule has 0 aliphatic carbocycles. The molecule has 1 aromatic heterocycles. The van der Waals surface area contributed by atoms with Crippen molar-refractivity contribution in [1.82, 2.24) is 15.2 Å². The van der Waals surface area contributed by atoms with Crippen LogP contribution in [0.3, 0.4) is 0 Å². The first kappa shape index (κ1) is 24.9. The highest BCUT2D eigenvalue weighted by Gasteiger charge is 2.21. The van der Waals surface area contributed by atoms with E-state index < -0.39 is 6.04 Å². The molecule has 8 heteroatoms. The fourth-order valence-corrected chi connectivity index (χ4v) is 4.24. The van der Waals surface area contributed by atoms with Gasteiger partial charge in [-0.1, -0.05) is 42.5 Å². The quantitative estimate of drug-likeness (QED) is 0.512. The molecule has 3 aromatic rings. The smallest absolute Gasteiger partial charge is 0.247 e. The zero-order valence-corrected chi connectivity index (χ0v) is 20.4. The Bertz CT molecular complexity index is 1200. The number of nitrogens with zero attached hydrogens (tertiary/aromatic N) is 4. The summed E-state index contributed by atoms with van der Waals surface area (Å²) in [5.41, 5.74) is 3.56. The van der Waals surface area contributed by atoms with Gasteiger partial charge in [-0.15, -0.1) is 0 Å². The number of carbonyl (C=O) groups excluding carboxylic acids is 2. The third-order valence-electron chi connectivity index (χ3n) is 6.33. The number of hydrogen-bond acceptors (Lipinski definition) is 6. The van der Waals surface area contributed by atoms with Crippen LogP contribution in [0.15, 0.2) is 72.9 Å². The number of piperazine rings is 1. The van der Waals surface area contributed by atoms with Crippen LogP contribution in [0.5, 0.6) is 0 Å². The molecule has 2 aromatic carbocycles. The van der Waals surface area contributed by atoms with Crippen molar-refractivity contribution in [2.45, 2.75) is 19.4 Å². The molecule has 1 fully saturated rings. The Labute approximate surface area is 211 Å². The lowest BCUT2D eigenvalue weighted by molar-refractivity contribution is -0.129. The van der Waals surface area contributed by atoms with Gasteiger partial charge in [0.25, 0.3) is 0 Å². The van der Waals surface area contributed by atoms with E-state index in [1.807, 2.05) is 59.5 Å². The van der Waals surface area contributed by atoms with Gasteiger partial charge >= 0.3 is 0 Å². The van der Waals surface area contributed by atoms with Gasteiger partial charge in [-0.2, -0.15) is 5.26 Å². The first-order valence-electron chi connectivity index (χ1n) is 12.1. The van der Waals surface area contributed by atoms with Crippen molar-refractivity contribution < 1.29 is 9.59 Å². The molecule has 0 unspecified atom stereocenters. The maximum absolute atomic E-state index is 13.2. The van der Waals surface area contributed by atoms with Crippen LogP contribution < -0.4 is 15.5 Å². The second-order valence-corrected chi connectivity index (χ2v) is 8.74. The van der Waals surface area contributed by atoms with Crippen molar-refractivity contribution in [3.05, 3.63) is 89.6 Å². The van der Waals surface area contributed by atoms with Gasteiger partial charge < -0.3 is 20.4 Å². The van der Waals surface area contributed by atoms with Crippen molar-refractivity contribution in [3.8, 4) is 6.07 Å². The Balaban J connectivity index is 1.37. The van der Waals surface area contributed by atoms with Crippen molar-refractivity contribution >= 4 is 23.3 Å². The monoisotopic (exact) mass is 482 g/mol. The number of aromatic nitrogens is 1. The number of amides is 2. The molecular weight excluding hydrogens is 452 g/mol. The van der Waals surface area contributed by atoms with Crippen LogP contribution in [0.1, 0.15) is 29.7 Å². The fourth-order valence-electron chi connectivity index (χ4n) is 4.24. The average molecular weight is 483 g/mol. The van der Waals surface area contributed by atoms with Gasteiger partial charge in [0.1, 0.15) is 11.9 Å². The zero-order valence-electron chi connectivity index (χ0n) is 20.4. The molecule has 1 aliphatic rings. The van der Waals surface area contributed by atoms with Crippen LogP contribution >= 0.6 is 0 Å². The summed E-state index contributed by atoms with van der Waals surface area (Å²) >= 11 is 0. The topological polar surface area (TPSA) is 101 Å². The molecule has 1 saturated heterocycles. The lowest BCUT2D eigenvalue weighted by Crippen LogP contribution is -2.48. The Kier molecular flexibility index (Phi) is 8.27. The van der Waals surface area contributed by atoms with E-state index in [4.69, 9.17) is 5.26 Å². The van der Waals surface area contributed by atoms with Crippen molar-refractivity contribution in [2.24, 2.45) is 0 Å². The second-order valence-electron chi connectivity index (χ2n) is 8.74. The molecule has 2 N–H and O–H groups in total. The number of pyridine rings is 1. The average Bonchev–Trinajstić information content (AvgIpc) is 2.92. The lowest BCUT2D eigenvalue weighted by atomic mass is 10.1. The second kappa shape index (κ2) is 12.0. The molecule has 1 atom stereocenters. The molecule has 2 heterocycles. The van der Waals surface area contributed by atoms with Gasteiger partial charge in [-0.05, 0) is 41.8 Å². The van der Waals surface area contributed by atoms with Crippen LogP contribution in [0.4, 0.5) is 11.5 Å². The molecule has 1 aliphatic heterocycles. The van der Waals surface area contributed by atoms with E-state index in [9.17, 15) is 9.59 Å². The fraction of sp³-hybridized carbons (Fsp3) is 0.286. The number of hydrogen-bond donors (Lipinski definition) is 2. The van der Waals surface area contributed by atoms with Crippen LogP contribution in [0.2, 0.25) is 0 Å². The summed E-state index contributed by atoms with van der Waals surface area (Å²) < 4.78 is 0. The first-order chi connectivity index (χ1) is 17.5. The summed E-state index contributed by atoms with van der Waals surface area (Å²) in [6.45, 7) is 5.09. The van der Waals surface area contributed by atoms with Crippen molar-refractivity contribution in [2.75, 3.05) is 42.9 Å². The van der Waals surface area contributed by atoms with E-state index in [2.05, 4.69) is 26.6 Å². The number of nitrogens with one attached hydrogen (secondary N) is 2. The van der Waals surface area contributed by atoms with E-state index in [1.165, 1.54) is 0 Å². The number of nitriles is 1. The maximum Gasteiger partial charge on any atom is 0.247 e.